The lowest BCUT2D eigenvalue weighted by Crippen LogP contribution is -2.14. The zero-order valence-electron chi connectivity index (χ0n) is 10.1. The van der Waals surface area contributed by atoms with E-state index in [0.29, 0.717) is 17.9 Å². The normalized spacial score (nSPS) is 10.9. The maximum Gasteiger partial charge on any atom is 0.153 e. The summed E-state index contributed by atoms with van der Waals surface area (Å²) in [6, 6.07) is 5.64. The van der Waals surface area contributed by atoms with Crippen LogP contribution in [0.3, 0.4) is 0 Å². The summed E-state index contributed by atoms with van der Waals surface area (Å²) in [6.07, 6.45) is 2.50. The highest BCUT2D eigenvalue weighted by molar-refractivity contribution is 5.80. The zero-order chi connectivity index (χ0) is 12.2. The molecule has 0 spiro atoms. The summed E-state index contributed by atoms with van der Waals surface area (Å²) in [5.41, 5.74) is 1.59. The molecule has 2 nitrogen and oxygen atoms in total. The number of para-hydroxylation sites is 1. The Kier molecular flexibility index (Phi) is 3.88. The third kappa shape index (κ3) is 2.72. The summed E-state index contributed by atoms with van der Waals surface area (Å²) in [5, 5.41) is 0. The van der Waals surface area contributed by atoms with Gasteiger partial charge in [0.05, 0.1) is 5.56 Å². The number of carbonyl (C=O) groups is 1. The van der Waals surface area contributed by atoms with E-state index in [4.69, 9.17) is 4.74 Å². The van der Waals surface area contributed by atoms with Gasteiger partial charge in [0.25, 0.3) is 0 Å². The van der Waals surface area contributed by atoms with Gasteiger partial charge in [0.1, 0.15) is 12.4 Å². The van der Waals surface area contributed by atoms with Crippen LogP contribution in [0.1, 0.15) is 36.7 Å². The van der Waals surface area contributed by atoms with Crippen LogP contribution in [0.5, 0.6) is 5.75 Å². The maximum atomic E-state index is 11.0. The van der Waals surface area contributed by atoms with E-state index < -0.39 is 0 Å². The van der Waals surface area contributed by atoms with Crippen LogP contribution in [0.2, 0.25) is 0 Å². The lowest BCUT2D eigenvalue weighted by atomic mass is 9.85. The molecule has 0 saturated carbocycles. The maximum absolute atomic E-state index is 11.0. The number of hydrogen-bond acceptors (Lipinski definition) is 2. The van der Waals surface area contributed by atoms with E-state index in [-0.39, 0.29) is 5.41 Å². The molecule has 0 heterocycles. The molecular weight excluding hydrogens is 200 g/mol. The van der Waals surface area contributed by atoms with Crippen molar-refractivity contribution in [1.29, 1.82) is 0 Å². The molecule has 0 saturated heterocycles. The van der Waals surface area contributed by atoms with Gasteiger partial charge in [-0.1, -0.05) is 45.6 Å². The molecule has 0 aliphatic carbocycles. The lowest BCUT2D eigenvalue weighted by Gasteiger charge is -2.23. The van der Waals surface area contributed by atoms with Crippen molar-refractivity contribution >= 4 is 6.29 Å². The summed E-state index contributed by atoms with van der Waals surface area (Å²) < 4.78 is 5.59. The molecule has 1 rings (SSSR count). The van der Waals surface area contributed by atoms with Gasteiger partial charge < -0.3 is 4.74 Å². The predicted molar refractivity (Wildman–Crippen MR) is 66.2 cm³/mol. The minimum atomic E-state index is -0.0461. The molecular formula is C14H18O2. The van der Waals surface area contributed by atoms with Crippen LogP contribution in [-0.2, 0) is 5.41 Å². The minimum Gasteiger partial charge on any atom is -0.488 e. The van der Waals surface area contributed by atoms with Gasteiger partial charge in [0.15, 0.2) is 6.29 Å². The highest BCUT2D eigenvalue weighted by atomic mass is 16.5. The van der Waals surface area contributed by atoms with Crippen molar-refractivity contribution in [2.75, 3.05) is 6.61 Å². The van der Waals surface area contributed by atoms with Gasteiger partial charge in [-0.3, -0.25) is 4.79 Å². The van der Waals surface area contributed by atoms with E-state index in [9.17, 15) is 4.79 Å². The van der Waals surface area contributed by atoms with Crippen molar-refractivity contribution in [3.05, 3.63) is 42.0 Å². The molecule has 0 aliphatic heterocycles. The predicted octanol–water partition coefficient (Wildman–Crippen LogP) is 3.36. The van der Waals surface area contributed by atoms with Gasteiger partial charge >= 0.3 is 0 Å². The topological polar surface area (TPSA) is 26.3 Å². The average Bonchev–Trinajstić information content (AvgIpc) is 2.24. The molecule has 0 atom stereocenters. The second-order valence-electron chi connectivity index (χ2n) is 4.69. The van der Waals surface area contributed by atoms with Gasteiger partial charge in [0.2, 0.25) is 0 Å². The highest BCUT2D eigenvalue weighted by Gasteiger charge is 2.20. The average molecular weight is 218 g/mol. The monoisotopic (exact) mass is 218 g/mol. The first-order chi connectivity index (χ1) is 7.50. The van der Waals surface area contributed by atoms with Gasteiger partial charge in [-0.05, 0) is 11.5 Å². The smallest absolute Gasteiger partial charge is 0.153 e. The van der Waals surface area contributed by atoms with E-state index >= 15 is 0 Å². The van der Waals surface area contributed by atoms with Crippen molar-refractivity contribution in [3.8, 4) is 5.75 Å². The number of rotatable bonds is 4. The molecule has 0 unspecified atom stereocenters. The summed E-state index contributed by atoms with van der Waals surface area (Å²) in [4.78, 5) is 11.0. The molecule has 2 heteroatoms. The molecule has 0 amide bonds. The third-order valence-electron chi connectivity index (χ3n) is 2.33. The van der Waals surface area contributed by atoms with Crippen LogP contribution in [-0.4, -0.2) is 12.9 Å². The molecule has 86 valence electrons. The van der Waals surface area contributed by atoms with Crippen LogP contribution in [0, 0.1) is 0 Å². The fourth-order valence-electron chi connectivity index (χ4n) is 1.54. The summed E-state index contributed by atoms with van der Waals surface area (Å²) in [5.74, 6) is 0.671. The quantitative estimate of drug-likeness (QED) is 0.572. The molecule has 0 aromatic heterocycles. The first-order valence-electron chi connectivity index (χ1n) is 5.33. The Balaban J connectivity index is 3.25. The Bertz CT molecular complexity index is 386. The Morgan fingerprint density at radius 1 is 1.38 bits per heavy atom. The highest BCUT2D eigenvalue weighted by Crippen LogP contribution is 2.33. The summed E-state index contributed by atoms with van der Waals surface area (Å²) in [6.45, 7) is 10.3. The van der Waals surface area contributed by atoms with Crippen molar-refractivity contribution in [3.63, 3.8) is 0 Å². The Morgan fingerprint density at radius 2 is 2.06 bits per heavy atom. The van der Waals surface area contributed by atoms with Crippen molar-refractivity contribution in [2.24, 2.45) is 0 Å². The lowest BCUT2D eigenvalue weighted by molar-refractivity contribution is 0.112. The number of hydrogen-bond donors (Lipinski definition) is 0. The minimum absolute atomic E-state index is 0.0461. The van der Waals surface area contributed by atoms with Crippen LogP contribution in [0.25, 0.3) is 0 Å². The number of carbonyl (C=O) groups excluding carboxylic acids is 1. The molecule has 0 radical (unpaired) electrons. The standard InChI is InChI=1S/C14H18O2/c1-5-9-16-13-11(10-15)7-6-8-12(13)14(2,3)4/h5-8,10H,1,9H2,2-4H3. The van der Waals surface area contributed by atoms with Gasteiger partial charge in [-0.2, -0.15) is 0 Å². The molecule has 1 aromatic carbocycles. The van der Waals surface area contributed by atoms with Crippen LogP contribution < -0.4 is 4.74 Å². The van der Waals surface area contributed by atoms with E-state index in [1.807, 2.05) is 12.1 Å². The fourth-order valence-corrected chi connectivity index (χ4v) is 1.54. The second-order valence-corrected chi connectivity index (χ2v) is 4.69. The van der Waals surface area contributed by atoms with E-state index in [0.717, 1.165) is 11.8 Å². The van der Waals surface area contributed by atoms with Crippen molar-refractivity contribution < 1.29 is 9.53 Å². The Hall–Kier alpha value is -1.57. The van der Waals surface area contributed by atoms with E-state index in [1.165, 1.54) is 0 Å². The van der Waals surface area contributed by atoms with Gasteiger partial charge in [0, 0.05) is 5.56 Å². The molecule has 1 aromatic rings. The number of benzene rings is 1. The summed E-state index contributed by atoms with van der Waals surface area (Å²) >= 11 is 0. The fraction of sp³-hybridized carbons (Fsp3) is 0.357. The van der Waals surface area contributed by atoms with E-state index in [2.05, 4.69) is 27.4 Å². The SMILES string of the molecule is C=CCOc1c(C=O)cccc1C(C)(C)C. The van der Waals surface area contributed by atoms with Crippen LogP contribution in [0.15, 0.2) is 30.9 Å². The first kappa shape index (κ1) is 12.5. The largest absolute Gasteiger partial charge is 0.488 e. The van der Waals surface area contributed by atoms with Crippen molar-refractivity contribution in [1.82, 2.24) is 0 Å². The Morgan fingerprint density at radius 3 is 2.56 bits per heavy atom. The van der Waals surface area contributed by atoms with Crippen LogP contribution >= 0.6 is 0 Å². The van der Waals surface area contributed by atoms with E-state index in [1.54, 1.807) is 12.1 Å². The molecule has 0 fully saturated rings. The molecule has 0 bridgehead atoms. The third-order valence-corrected chi connectivity index (χ3v) is 2.33. The Labute approximate surface area is 96.9 Å². The van der Waals surface area contributed by atoms with Gasteiger partial charge in [-0.15, -0.1) is 0 Å². The zero-order valence-corrected chi connectivity index (χ0v) is 10.1. The van der Waals surface area contributed by atoms with Crippen LogP contribution in [0.4, 0.5) is 0 Å². The molecule has 0 N–H and O–H groups in total. The number of aldehydes is 1. The summed E-state index contributed by atoms with van der Waals surface area (Å²) in [7, 11) is 0. The number of ether oxygens (including phenoxy) is 1. The van der Waals surface area contributed by atoms with Crippen molar-refractivity contribution in [2.45, 2.75) is 26.2 Å². The van der Waals surface area contributed by atoms with Gasteiger partial charge in [-0.25, -0.2) is 0 Å². The second kappa shape index (κ2) is 4.97. The molecule has 16 heavy (non-hydrogen) atoms. The molecule has 0 aliphatic rings. The first-order valence-corrected chi connectivity index (χ1v) is 5.33.